The van der Waals surface area contributed by atoms with Crippen molar-refractivity contribution < 1.29 is 64.6 Å². The van der Waals surface area contributed by atoms with E-state index in [1.54, 1.807) is 0 Å². The molecule has 0 radical (unpaired) electrons. The molecule has 0 aromatic carbocycles. The third kappa shape index (κ3) is 4.33. The molecule has 30 heavy (non-hydrogen) atoms. The first-order valence-electron chi connectivity index (χ1n) is 9.60. The van der Waals surface area contributed by atoms with Gasteiger partial charge in [0.2, 0.25) is 5.79 Å². The Balaban J connectivity index is 2.47. The van der Waals surface area contributed by atoms with Gasteiger partial charge in [-0.25, -0.2) is 4.79 Å². The smallest absolute Gasteiger partial charge is 0.370 e. The van der Waals surface area contributed by atoms with Gasteiger partial charge in [0.1, 0.15) is 49.3 Å². The molecule has 9 atom stereocenters. The van der Waals surface area contributed by atoms with Gasteiger partial charge in [0.15, 0.2) is 0 Å². The lowest BCUT2D eigenvalue weighted by molar-refractivity contribution is -0.421. The lowest BCUT2D eigenvalue weighted by Crippen LogP contribution is -2.72. The number of aliphatic hydroxyl groups is 8. The Hall–Kier alpha value is -0.970. The van der Waals surface area contributed by atoms with Crippen molar-refractivity contribution in [1.82, 2.24) is 0 Å². The quantitative estimate of drug-likeness (QED) is 0.125. The molecule has 0 aromatic heterocycles. The Labute approximate surface area is 172 Å². The van der Waals surface area contributed by atoms with Crippen LogP contribution in [0.3, 0.4) is 0 Å². The van der Waals surface area contributed by atoms with Crippen molar-refractivity contribution in [2.24, 2.45) is 0 Å². The molecule has 13 nitrogen and oxygen atoms in total. The average molecular weight is 442 g/mol. The Morgan fingerprint density at radius 1 is 0.900 bits per heavy atom. The van der Waals surface area contributed by atoms with E-state index in [2.05, 4.69) is 0 Å². The van der Waals surface area contributed by atoms with Crippen molar-refractivity contribution in [3.05, 3.63) is 0 Å². The maximum atomic E-state index is 12.9. The fourth-order valence-corrected chi connectivity index (χ4v) is 3.35. The molecular weight excluding hydrogens is 412 g/mol. The Bertz CT molecular complexity index is 574. The van der Waals surface area contributed by atoms with Crippen LogP contribution in [0.25, 0.3) is 0 Å². The lowest BCUT2D eigenvalue weighted by Gasteiger charge is -2.49. The number of hydrogen-bond acceptors (Lipinski definition) is 13. The summed E-state index contributed by atoms with van der Waals surface area (Å²) in [6.45, 7) is -1.20. The van der Waals surface area contributed by atoms with Crippen molar-refractivity contribution in [3.8, 4) is 0 Å². The lowest BCUT2D eigenvalue weighted by atomic mass is 9.91. The van der Waals surface area contributed by atoms with Gasteiger partial charge in [0.05, 0.1) is 19.8 Å². The van der Waals surface area contributed by atoms with Crippen molar-refractivity contribution in [2.75, 3.05) is 26.4 Å². The summed E-state index contributed by atoms with van der Waals surface area (Å²) in [5.74, 6) is -6.94. The third-order valence-electron chi connectivity index (χ3n) is 5.20. The van der Waals surface area contributed by atoms with Gasteiger partial charge in [-0.15, -0.1) is 0 Å². The Morgan fingerprint density at radius 3 is 2.00 bits per heavy atom. The standard InChI is InChI=1S/C17H30O13/c1-2-3-4-27-15(26)17(14(25)12(23)10(21)8(5-18)29-17)30-16(7-20)13(24)11(22)9(6-19)28-16/h8-14,18-25H,2-7H2,1H3/t8-,9-,10-,11-,12+,13+,14-,16?,17-/m1/s1. The number of unbranched alkanes of at least 4 members (excludes halogenated alkanes) is 1. The van der Waals surface area contributed by atoms with E-state index in [-0.39, 0.29) is 6.61 Å². The molecule has 0 amide bonds. The largest absolute Gasteiger partial charge is 0.462 e. The predicted molar refractivity (Wildman–Crippen MR) is 93.5 cm³/mol. The molecule has 2 aliphatic rings. The first-order valence-corrected chi connectivity index (χ1v) is 9.60. The van der Waals surface area contributed by atoms with E-state index < -0.39 is 80.1 Å². The molecule has 0 aliphatic carbocycles. The molecule has 2 aliphatic heterocycles. The van der Waals surface area contributed by atoms with Crippen molar-refractivity contribution in [2.45, 2.75) is 74.1 Å². The average Bonchev–Trinajstić information content (AvgIpc) is 2.99. The molecule has 2 fully saturated rings. The van der Waals surface area contributed by atoms with E-state index in [1.165, 1.54) is 0 Å². The second-order valence-electron chi connectivity index (χ2n) is 7.27. The summed E-state index contributed by atoms with van der Waals surface area (Å²) in [6.07, 6.45) is -12.0. The fourth-order valence-electron chi connectivity index (χ4n) is 3.35. The Kier molecular flexibility index (Phi) is 8.51. The number of ether oxygens (including phenoxy) is 4. The summed E-state index contributed by atoms with van der Waals surface area (Å²) in [6, 6.07) is 0. The van der Waals surface area contributed by atoms with Gasteiger partial charge in [-0.1, -0.05) is 13.3 Å². The van der Waals surface area contributed by atoms with E-state index in [0.717, 1.165) is 0 Å². The molecule has 1 unspecified atom stereocenters. The van der Waals surface area contributed by atoms with Crippen LogP contribution in [0.2, 0.25) is 0 Å². The van der Waals surface area contributed by atoms with E-state index in [1.807, 2.05) is 6.92 Å². The number of esters is 1. The minimum Gasteiger partial charge on any atom is -0.462 e. The maximum absolute atomic E-state index is 12.9. The maximum Gasteiger partial charge on any atom is 0.370 e. The zero-order valence-corrected chi connectivity index (χ0v) is 16.4. The van der Waals surface area contributed by atoms with Crippen LogP contribution in [0.5, 0.6) is 0 Å². The highest BCUT2D eigenvalue weighted by molar-refractivity contribution is 5.79. The van der Waals surface area contributed by atoms with Crippen LogP contribution in [-0.4, -0.2) is 128 Å². The van der Waals surface area contributed by atoms with Crippen LogP contribution in [-0.2, 0) is 23.7 Å². The summed E-state index contributed by atoms with van der Waals surface area (Å²) in [4.78, 5) is 12.9. The zero-order valence-electron chi connectivity index (χ0n) is 16.4. The number of carbonyl (C=O) groups is 1. The molecule has 2 heterocycles. The van der Waals surface area contributed by atoms with Gasteiger partial charge >= 0.3 is 11.8 Å². The highest BCUT2D eigenvalue weighted by Gasteiger charge is 2.67. The van der Waals surface area contributed by atoms with E-state index in [0.29, 0.717) is 12.8 Å². The Morgan fingerprint density at radius 2 is 1.50 bits per heavy atom. The molecule has 0 saturated carbocycles. The van der Waals surface area contributed by atoms with E-state index in [9.17, 15) is 45.6 Å². The summed E-state index contributed by atoms with van der Waals surface area (Å²) in [5.41, 5.74) is 0. The molecule has 2 saturated heterocycles. The second-order valence-corrected chi connectivity index (χ2v) is 7.27. The molecule has 2 rings (SSSR count). The van der Waals surface area contributed by atoms with E-state index >= 15 is 0 Å². The minimum atomic E-state index is -2.96. The van der Waals surface area contributed by atoms with Crippen LogP contribution in [0.1, 0.15) is 19.8 Å². The predicted octanol–water partition coefficient (Wildman–Crippen LogP) is -4.68. The van der Waals surface area contributed by atoms with Gasteiger partial charge in [0.25, 0.3) is 0 Å². The highest BCUT2D eigenvalue weighted by Crippen LogP contribution is 2.41. The molecule has 0 bridgehead atoms. The van der Waals surface area contributed by atoms with Crippen LogP contribution < -0.4 is 0 Å². The summed E-state index contributed by atoms with van der Waals surface area (Å²) in [5, 5.41) is 79.8. The van der Waals surface area contributed by atoms with Gasteiger partial charge in [-0.3, -0.25) is 0 Å². The summed E-state index contributed by atoms with van der Waals surface area (Å²) < 4.78 is 21.0. The van der Waals surface area contributed by atoms with Crippen LogP contribution in [0.4, 0.5) is 0 Å². The molecule has 8 N–H and O–H groups in total. The highest BCUT2D eigenvalue weighted by atomic mass is 16.8. The fraction of sp³-hybridized carbons (Fsp3) is 0.941. The minimum absolute atomic E-state index is 0.142. The number of hydrogen-bond donors (Lipinski definition) is 8. The molecule has 13 heteroatoms. The van der Waals surface area contributed by atoms with Gasteiger partial charge < -0.3 is 59.8 Å². The van der Waals surface area contributed by atoms with Gasteiger partial charge in [-0.05, 0) is 6.42 Å². The molecule has 0 spiro atoms. The SMILES string of the molecule is CCCCOC(=O)[C@@]1(OC2(CO)O[C@H](CO)[C@@H](O)[C@@H]2O)O[C@H](CO)[C@@H](O)[C@H](O)[C@H]1O. The van der Waals surface area contributed by atoms with Crippen LogP contribution in [0.15, 0.2) is 0 Å². The van der Waals surface area contributed by atoms with Crippen LogP contribution in [0, 0.1) is 0 Å². The topological polar surface area (TPSA) is 216 Å². The second kappa shape index (κ2) is 10.1. The zero-order chi connectivity index (χ0) is 22.7. The van der Waals surface area contributed by atoms with Crippen molar-refractivity contribution in [1.29, 1.82) is 0 Å². The van der Waals surface area contributed by atoms with Crippen LogP contribution >= 0.6 is 0 Å². The first kappa shape index (κ1) is 25.3. The normalized spacial score (nSPS) is 44.2. The van der Waals surface area contributed by atoms with E-state index in [4.69, 9.17) is 18.9 Å². The monoisotopic (exact) mass is 442 g/mol. The third-order valence-corrected chi connectivity index (χ3v) is 5.20. The first-order chi connectivity index (χ1) is 14.1. The van der Waals surface area contributed by atoms with Gasteiger partial charge in [-0.2, -0.15) is 0 Å². The molecule has 0 aromatic rings. The number of aliphatic hydroxyl groups excluding tert-OH is 8. The summed E-state index contributed by atoms with van der Waals surface area (Å²) >= 11 is 0. The molecular formula is C17H30O13. The number of rotatable bonds is 9. The molecule has 176 valence electrons. The van der Waals surface area contributed by atoms with Gasteiger partial charge in [0, 0.05) is 0 Å². The van der Waals surface area contributed by atoms with Crippen molar-refractivity contribution in [3.63, 3.8) is 0 Å². The number of carbonyl (C=O) groups excluding carboxylic acids is 1. The summed E-state index contributed by atoms with van der Waals surface area (Å²) in [7, 11) is 0. The van der Waals surface area contributed by atoms with Crippen molar-refractivity contribution >= 4 is 5.97 Å².